The second kappa shape index (κ2) is 10.2. The number of halogens is 1. The largest absolute Gasteiger partial charge is 0.507 e. The molecule has 37 heavy (non-hydrogen) atoms. The number of hydrogen-bond donors (Lipinski definition) is 1. The summed E-state index contributed by atoms with van der Waals surface area (Å²) in [6.45, 7) is 3.07. The van der Waals surface area contributed by atoms with Crippen molar-refractivity contribution in [2.24, 2.45) is 0 Å². The van der Waals surface area contributed by atoms with Crippen molar-refractivity contribution in [1.29, 1.82) is 0 Å². The number of phenols is 1. The SMILES string of the molecule is O=Cc1cc(CN2CCN(c3ccc(-c4nc(-c5cccc(F)c5)no4)cc3[N+](=O)[O-])CC2)ccc1O. The lowest BCUT2D eigenvalue weighted by molar-refractivity contribution is -0.384. The minimum Gasteiger partial charge on any atom is -0.507 e. The van der Waals surface area contributed by atoms with Gasteiger partial charge in [-0.3, -0.25) is 19.8 Å². The van der Waals surface area contributed by atoms with Gasteiger partial charge in [0.05, 0.1) is 10.5 Å². The summed E-state index contributed by atoms with van der Waals surface area (Å²) in [6, 6.07) is 15.5. The molecule has 2 heterocycles. The number of nitro benzene ring substituents is 1. The highest BCUT2D eigenvalue weighted by Crippen LogP contribution is 2.34. The van der Waals surface area contributed by atoms with Gasteiger partial charge in [0.2, 0.25) is 5.82 Å². The first-order valence-electron chi connectivity index (χ1n) is 11.5. The fraction of sp³-hybridized carbons (Fsp3) is 0.192. The van der Waals surface area contributed by atoms with Crippen LogP contribution in [0.2, 0.25) is 0 Å². The third-order valence-corrected chi connectivity index (χ3v) is 6.27. The lowest BCUT2D eigenvalue weighted by Gasteiger charge is -2.35. The number of nitrogens with zero attached hydrogens (tertiary/aromatic N) is 5. The van der Waals surface area contributed by atoms with Gasteiger partial charge in [0.15, 0.2) is 6.29 Å². The summed E-state index contributed by atoms with van der Waals surface area (Å²) >= 11 is 0. The maximum Gasteiger partial charge on any atom is 0.293 e. The molecule has 1 saturated heterocycles. The zero-order valence-electron chi connectivity index (χ0n) is 19.6. The molecule has 0 amide bonds. The van der Waals surface area contributed by atoms with Crippen molar-refractivity contribution < 1.29 is 23.7 Å². The third kappa shape index (κ3) is 5.16. The Hall–Kier alpha value is -4.64. The van der Waals surface area contributed by atoms with Crippen molar-refractivity contribution in [3.63, 3.8) is 0 Å². The van der Waals surface area contributed by atoms with Gasteiger partial charge in [-0.15, -0.1) is 0 Å². The Labute approximate surface area is 210 Å². The average Bonchev–Trinajstić information content (AvgIpc) is 3.40. The highest BCUT2D eigenvalue weighted by molar-refractivity contribution is 5.79. The lowest BCUT2D eigenvalue weighted by atomic mass is 10.1. The number of benzene rings is 3. The number of aldehydes is 1. The van der Waals surface area contributed by atoms with Gasteiger partial charge in [-0.25, -0.2) is 4.39 Å². The number of anilines is 1. The molecule has 188 valence electrons. The number of piperazine rings is 1. The summed E-state index contributed by atoms with van der Waals surface area (Å²) in [7, 11) is 0. The summed E-state index contributed by atoms with van der Waals surface area (Å²) < 4.78 is 18.8. The van der Waals surface area contributed by atoms with Gasteiger partial charge < -0.3 is 14.5 Å². The van der Waals surface area contributed by atoms with Crippen LogP contribution in [0.25, 0.3) is 22.8 Å². The van der Waals surface area contributed by atoms with E-state index in [1.165, 1.54) is 30.3 Å². The molecule has 5 rings (SSSR count). The van der Waals surface area contributed by atoms with E-state index in [1.54, 1.807) is 30.3 Å². The number of aromatic hydroxyl groups is 1. The first-order valence-corrected chi connectivity index (χ1v) is 11.5. The number of aromatic nitrogens is 2. The molecule has 1 aromatic heterocycles. The van der Waals surface area contributed by atoms with Crippen LogP contribution < -0.4 is 4.90 Å². The molecule has 0 aliphatic carbocycles. The number of carbonyl (C=O) groups is 1. The zero-order valence-corrected chi connectivity index (χ0v) is 19.6. The summed E-state index contributed by atoms with van der Waals surface area (Å²) in [5.74, 6) is -0.198. The first-order chi connectivity index (χ1) is 17.9. The van der Waals surface area contributed by atoms with Gasteiger partial charge in [-0.1, -0.05) is 23.4 Å². The summed E-state index contributed by atoms with van der Waals surface area (Å²) in [5.41, 5.74) is 2.39. The van der Waals surface area contributed by atoms with Crippen molar-refractivity contribution in [2.45, 2.75) is 6.54 Å². The maximum absolute atomic E-state index is 13.5. The molecule has 11 heteroatoms. The van der Waals surface area contributed by atoms with Crippen LogP contribution in [0.5, 0.6) is 5.75 Å². The predicted molar refractivity (Wildman–Crippen MR) is 133 cm³/mol. The predicted octanol–water partition coefficient (Wildman–Crippen LogP) is 4.29. The Balaban J connectivity index is 1.30. The second-order valence-corrected chi connectivity index (χ2v) is 8.67. The molecule has 0 radical (unpaired) electrons. The number of rotatable bonds is 7. The molecule has 0 bridgehead atoms. The minimum absolute atomic E-state index is 0.0509. The molecule has 0 spiro atoms. The number of carbonyl (C=O) groups excluding carboxylic acids is 1. The van der Waals surface area contributed by atoms with Crippen molar-refractivity contribution in [3.05, 3.63) is 87.7 Å². The van der Waals surface area contributed by atoms with Crippen LogP contribution in [0.4, 0.5) is 15.8 Å². The van der Waals surface area contributed by atoms with E-state index in [-0.39, 0.29) is 28.7 Å². The van der Waals surface area contributed by atoms with Gasteiger partial charge in [0.25, 0.3) is 11.6 Å². The molecule has 0 saturated carbocycles. The van der Waals surface area contributed by atoms with Crippen LogP contribution in [-0.2, 0) is 6.54 Å². The Morgan fingerprint density at radius 3 is 2.59 bits per heavy atom. The molecule has 1 aliphatic rings. The normalized spacial score (nSPS) is 14.0. The van der Waals surface area contributed by atoms with Gasteiger partial charge in [0, 0.05) is 49.9 Å². The quantitative estimate of drug-likeness (QED) is 0.223. The molecular formula is C26H22FN5O5. The molecule has 1 aliphatic heterocycles. The highest BCUT2D eigenvalue weighted by atomic mass is 19.1. The highest BCUT2D eigenvalue weighted by Gasteiger charge is 2.25. The van der Waals surface area contributed by atoms with Gasteiger partial charge >= 0.3 is 0 Å². The fourth-order valence-corrected chi connectivity index (χ4v) is 4.36. The van der Waals surface area contributed by atoms with Crippen molar-refractivity contribution in [2.75, 3.05) is 31.1 Å². The summed E-state index contributed by atoms with van der Waals surface area (Å²) in [6.07, 6.45) is 0.621. The van der Waals surface area contributed by atoms with Crippen LogP contribution >= 0.6 is 0 Å². The maximum atomic E-state index is 13.5. The standard InChI is InChI=1S/C26H22FN5O5/c27-21-3-1-2-18(13-21)25-28-26(37-29-25)19-5-6-22(23(14-19)32(35)36)31-10-8-30(9-11-31)15-17-4-7-24(34)20(12-17)16-33/h1-7,12-14,16,34H,8-11,15H2. The van der Waals surface area contributed by atoms with Gasteiger partial charge in [-0.05, 0) is 42.0 Å². The Morgan fingerprint density at radius 2 is 1.86 bits per heavy atom. The number of hydrogen-bond acceptors (Lipinski definition) is 9. The molecule has 1 fully saturated rings. The Bertz CT molecular complexity index is 1470. The van der Waals surface area contributed by atoms with E-state index >= 15 is 0 Å². The topological polar surface area (TPSA) is 126 Å². The molecular weight excluding hydrogens is 481 g/mol. The van der Waals surface area contributed by atoms with E-state index in [4.69, 9.17) is 4.52 Å². The van der Waals surface area contributed by atoms with E-state index in [1.807, 2.05) is 4.90 Å². The van der Waals surface area contributed by atoms with E-state index < -0.39 is 10.7 Å². The Morgan fingerprint density at radius 1 is 1.05 bits per heavy atom. The van der Waals surface area contributed by atoms with Crippen LogP contribution in [0.15, 0.2) is 65.2 Å². The van der Waals surface area contributed by atoms with E-state index in [0.29, 0.717) is 55.8 Å². The summed E-state index contributed by atoms with van der Waals surface area (Å²) in [5, 5.41) is 25.5. The van der Waals surface area contributed by atoms with Crippen LogP contribution in [0, 0.1) is 15.9 Å². The minimum atomic E-state index is -0.438. The van der Waals surface area contributed by atoms with E-state index in [2.05, 4.69) is 15.0 Å². The van der Waals surface area contributed by atoms with Crippen molar-refractivity contribution in [3.8, 4) is 28.6 Å². The smallest absolute Gasteiger partial charge is 0.293 e. The van der Waals surface area contributed by atoms with Gasteiger partial charge in [-0.2, -0.15) is 4.98 Å². The van der Waals surface area contributed by atoms with E-state index in [0.717, 1.165) is 5.56 Å². The molecule has 0 atom stereocenters. The molecule has 1 N–H and O–H groups in total. The zero-order chi connectivity index (χ0) is 25.9. The number of nitro groups is 1. The lowest BCUT2D eigenvalue weighted by Crippen LogP contribution is -2.46. The van der Waals surface area contributed by atoms with Gasteiger partial charge in [0.1, 0.15) is 17.3 Å². The molecule has 0 unspecified atom stereocenters. The molecule has 10 nitrogen and oxygen atoms in total. The first kappa shape index (κ1) is 24.1. The Kier molecular flexibility index (Phi) is 6.60. The van der Waals surface area contributed by atoms with Crippen LogP contribution in [0.3, 0.4) is 0 Å². The van der Waals surface area contributed by atoms with E-state index in [9.17, 15) is 24.4 Å². The monoisotopic (exact) mass is 503 g/mol. The fourth-order valence-electron chi connectivity index (χ4n) is 4.36. The van der Waals surface area contributed by atoms with Crippen LogP contribution in [-0.4, -0.2) is 57.5 Å². The second-order valence-electron chi connectivity index (χ2n) is 8.67. The van der Waals surface area contributed by atoms with Crippen molar-refractivity contribution in [1.82, 2.24) is 15.0 Å². The summed E-state index contributed by atoms with van der Waals surface area (Å²) in [4.78, 5) is 31.0. The number of phenolic OH excluding ortho intramolecular Hbond substituents is 1. The average molecular weight is 503 g/mol. The van der Waals surface area contributed by atoms with Crippen LogP contribution in [0.1, 0.15) is 15.9 Å². The molecule has 3 aromatic carbocycles. The van der Waals surface area contributed by atoms with Crippen molar-refractivity contribution >= 4 is 17.7 Å². The molecule has 4 aromatic rings. The third-order valence-electron chi connectivity index (χ3n) is 6.27.